The molecule has 5 heteroatoms. The molecule has 0 aliphatic heterocycles. The zero-order valence-electron chi connectivity index (χ0n) is 10.2. The first-order chi connectivity index (χ1) is 9.19. The second kappa shape index (κ2) is 4.28. The first kappa shape index (κ1) is 11.5. The van der Waals surface area contributed by atoms with Crippen molar-refractivity contribution in [1.29, 1.82) is 0 Å². The van der Waals surface area contributed by atoms with E-state index in [1.807, 2.05) is 0 Å². The maximum atomic E-state index is 14.0. The molecule has 3 aromatic rings. The molecule has 96 valence electrons. The molecule has 0 aliphatic rings. The van der Waals surface area contributed by atoms with Crippen molar-refractivity contribution in [2.45, 2.75) is 0 Å². The molecule has 0 saturated heterocycles. The highest BCUT2D eigenvalue weighted by Gasteiger charge is 2.12. The van der Waals surface area contributed by atoms with Crippen LogP contribution < -0.4 is 10.4 Å². The Morgan fingerprint density at radius 1 is 1.11 bits per heavy atom. The minimum absolute atomic E-state index is 0.285. The Bertz CT molecular complexity index is 805. The molecule has 0 spiro atoms. The maximum absolute atomic E-state index is 14.0. The predicted octanol–water partition coefficient (Wildman–Crippen LogP) is 2.67. The van der Waals surface area contributed by atoms with Gasteiger partial charge >= 0.3 is 5.69 Å². The number of aromatic amines is 2. The number of hydrogen-bond acceptors (Lipinski definition) is 2. The van der Waals surface area contributed by atoms with Gasteiger partial charge in [0.2, 0.25) is 0 Å². The van der Waals surface area contributed by atoms with Crippen molar-refractivity contribution in [3.05, 3.63) is 52.7 Å². The molecule has 0 aliphatic carbocycles. The first-order valence-electron chi connectivity index (χ1n) is 5.74. The molecular weight excluding hydrogens is 247 g/mol. The minimum atomic E-state index is -0.364. The minimum Gasteiger partial charge on any atom is -0.496 e. The van der Waals surface area contributed by atoms with Gasteiger partial charge in [-0.05, 0) is 29.8 Å². The number of aromatic nitrogens is 2. The Morgan fingerprint density at radius 2 is 1.89 bits per heavy atom. The van der Waals surface area contributed by atoms with Gasteiger partial charge in [0.25, 0.3) is 0 Å². The standard InChI is InChI=1S/C14H11FN2O2/c1-19-12-4-2-3-9(15)13(12)8-5-6-10-11(7-8)17-14(18)16-10/h2-7H,1H3,(H2,16,17,18). The number of benzene rings is 2. The number of hydrogen-bond donors (Lipinski definition) is 2. The lowest BCUT2D eigenvalue weighted by Crippen LogP contribution is -1.99. The summed E-state index contributed by atoms with van der Waals surface area (Å²) in [5.41, 5.74) is 2.07. The SMILES string of the molecule is COc1cccc(F)c1-c1ccc2[nH]c(=O)[nH]c2c1. The highest BCUT2D eigenvalue weighted by molar-refractivity contribution is 5.83. The molecule has 0 atom stereocenters. The summed E-state index contributed by atoms with van der Waals surface area (Å²) >= 11 is 0. The maximum Gasteiger partial charge on any atom is 0.323 e. The summed E-state index contributed by atoms with van der Waals surface area (Å²) in [5.74, 6) is 0.0915. The summed E-state index contributed by atoms with van der Waals surface area (Å²) < 4.78 is 19.1. The van der Waals surface area contributed by atoms with Crippen molar-refractivity contribution in [2.24, 2.45) is 0 Å². The second-order valence-electron chi connectivity index (χ2n) is 4.16. The fraction of sp³-hybridized carbons (Fsp3) is 0.0714. The van der Waals surface area contributed by atoms with Crippen LogP contribution in [0, 0.1) is 5.82 Å². The summed E-state index contributed by atoms with van der Waals surface area (Å²) in [5, 5.41) is 0. The van der Waals surface area contributed by atoms with Crippen LogP contribution in [0.25, 0.3) is 22.2 Å². The van der Waals surface area contributed by atoms with E-state index >= 15 is 0 Å². The number of H-pyrrole nitrogens is 2. The number of rotatable bonds is 2. The zero-order valence-corrected chi connectivity index (χ0v) is 10.2. The van der Waals surface area contributed by atoms with E-state index in [4.69, 9.17) is 4.74 Å². The summed E-state index contributed by atoms with van der Waals surface area (Å²) in [6.07, 6.45) is 0. The fourth-order valence-corrected chi connectivity index (χ4v) is 2.14. The van der Waals surface area contributed by atoms with E-state index in [0.717, 1.165) is 0 Å². The topological polar surface area (TPSA) is 57.9 Å². The van der Waals surface area contributed by atoms with Crippen molar-refractivity contribution in [3.63, 3.8) is 0 Å². The molecule has 3 rings (SSSR count). The summed E-state index contributed by atoms with van der Waals surface area (Å²) in [6.45, 7) is 0. The van der Waals surface area contributed by atoms with E-state index < -0.39 is 0 Å². The van der Waals surface area contributed by atoms with Gasteiger partial charge in [-0.3, -0.25) is 0 Å². The monoisotopic (exact) mass is 258 g/mol. The van der Waals surface area contributed by atoms with Crippen molar-refractivity contribution >= 4 is 11.0 Å². The lowest BCUT2D eigenvalue weighted by atomic mass is 10.0. The van der Waals surface area contributed by atoms with Crippen LogP contribution >= 0.6 is 0 Å². The van der Waals surface area contributed by atoms with Gasteiger partial charge in [-0.2, -0.15) is 0 Å². The third kappa shape index (κ3) is 1.89. The molecule has 0 radical (unpaired) electrons. The number of nitrogens with one attached hydrogen (secondary N) is 2. The number of ether oxygens (including phenoxy) is 1. The van der Waals surface area contributed by atoms with E-state index in [2.05, 4.69) is 9.97 Å². The Hall–Kier alpha value is -2.56. The van der Waals surface area contributed by atoms with Crippen LogP contribution in [0.15, 0.2) is 41.2 Å². The number of fused-ring (bicyclic) bond motifs is 1. The van der Waals surface area contributed by atoms with Crippen LogP contribution in [-0.4, -0.2) is 17.1 Å². The molecule has 0 amide bonds. The van der Waals surface area contributed by atoms with Gasteiger partial charge in [0.1, 0.15) is 11.6 Å². The first-order valence-corrected chi connectivity index (χ1v) is 5.74. The summed E-state index contributed by atoms with van der Waals surface area (Å²) in [4.78, 5) is 16.5. The van der Waals surface area contributed by atoms with E-state index in [9.17, 15) is 9.18 Å². The van der Waals surface area contributed by atoms with Gasteiger partial charge in [-0.1, -0.05) is 12.1 Å². The Morgan fingerprint density at radius 3 is 2.68 bits per heavy atom. The fourth-order valence-electron chi connectivity index (χ4n) is 2.14. The van der Waals surface area contributed by atoms with Crippen LogP contribution in [0.3, 0.4) is 0 Å². The van der Waals surface area contributed by atoms with Crippen molar-refractivity contribution in [1.82, 2.24) is 9.97 Å². The van der Waals surface area contributed by atoms with Crippen LogP contribution in [0.1, 0.15) is 0 Å². The van der Waals surface area contributed by atoms with Gasteiger partial charge < -0.3 is 14.7 Å². The van der Waals surface area contributed by atoms with Crippen molar-refractivity contribution in [2.75, 3.05) is 7.11 Å². The summed E-state index contributed by atoms with van der Waals surface area (Å²) in [6, 6.07) is 9.86. The molecule has 2 aromatic carbocycles. The third-order valence-electron chi connectivity index (χ3n) is 3.00. The highest BCUT2D eigenvalue weighted by atomic mass is 19.1. The van der Waals surface area contributed by atoms with Gasteiger partial charge in [-0.15, -0.1) is 0 Å². The Kier molecular flexibility index (Phi) is 2.59. The molecule has 1 heterocycles. The number of methoxy groups -OCH3 is 1. The van der Waals surface area contributed by atoms with Gasteiger partial charge in [0.05, 0.1) is 23.7 Å². The van der Waals surface area contributed by atoms with Gasteiger partial charge in [0, 0.05) is 0 Å². The highest BCUT2D eigenvalue weighted by Crippen LogP contribution is 2.33. The Labute approximate surface area is 107 Å². The molecule has 4 nitrogen and oxygen atoms in total. The average molecular weight is 258 g/mol. The Balaban J connectivity index is 2.26. The predicted molar refractivity (Wildman–Crippen MR) is 70.9 cm³/mol. The zero-order chi connectivity index (χ0) is 13.4. The van der Waals surface area contributed by atoms with Crippen LogP contribution in [0.5, 0.6) is 5.75 Å². The summed E-state index contributed by atoms with van der Waals surface area (Å²) in [7, 11) is 1.50. The number of imidazole rings is 1. The molecule has 2 N–H and O–H groups in total. The molecule has 0 saturated carbocycles. The molecule has 0 bridgehead atoms. The van der Waals surface area contributed by atoms with Gasteiger partial charge in [0.15, 0.2) is 0 Å². The van der Waals surface area contributed by atoms with Gasteiger partial charge in [-0.25, -0.2) is 9.18 Å². The van der Waals surface area contributed by atoms with Crippen LogP contribution in [0.4, 0.5) is 4.39 Å². The smallest absolute Gasteiger partial charge is 0.323 e. The molecule has 1 aromatic heterocycles. The normalized spacial score (nSPS) is 10.8. The molecular formula is C14H11FN2O2. The van der Waals surface area contributed by atoms with Crippen molar-refractivity contribution < 1.29 is 9.13 Å². The molecule has 0 fully saturated rings. The lowest BCUT2D eigenvalue weighted by molar-refractivity contribution is 0.413. The number of halogens is 1. The van der Waals surface area contributed by atoms with E-state index in [-0.39, 0.29) is 11.5 Å². The molecule has 0 unspecified atom stereocenters. The van der Waals surface area contributed by atoms with E-state index in [1.54, 1.807) is 30.3 Å². The quantitative estimate of drug-likeness (QED) is 0.742. The van der Waals surface area contributed by atoms with E-state index in [1.165, 1.54) is 13.2 Å². The van der Waals surface area contributed by atoms with Crippen molar-refractivity contribution in [3.8, 4) is 16.9 Å². The largest absolute Gasteiger partial charge is 0.496 e. The van der Waals surface area contributed by atoms with Crippen LogP contribution in [0.2, 0.25) is 0 Å². The van der Waals surface area contributed by atoms with Crippen LogP contribution in [-0.2, 0) is 0 Å². The average Bonchev–Trinajstić information content (AvgIpc) is 2.77. The third-order valence-corrected chi connectivity index (χ3v) is 3.00. The second-order valence-corrected chi connectivity index (χ2v) is 4.16. The lowest BCUT2D eigenvalue weighted by Gasteiger charge is -2.09. The molecule has 19 heavy (non-hydrogen) atoms. The van der Waals surface area contributed by atoms with E-state index in [0.29, 0.717) is 27.9 Å².